The number of aromatic amines is 1. The van der Waals surface area contributed by atoms with Gasteiger partial charge in [-0.1, -0.05) is 0 Å². The van der Waals surface area contributed by atoms with Crippen LogP contribution in [0.4, 0.5) is 0 Å². The first kappa shape index (κ1) is 13.5. The molecule has 0 atom stereocenters. The number of likely N-dealkylation sites (N-methyl/N-ethyl adjacent to an activating group) is 1. The van der Waals surface area contributed by atoms with E-state index in [2.05, 4.69) is 19.8 Å². The van der Waals surface area contributed by atoms with Crippen LogP contribution in [0.5, 0.6) is 0 Å². The third-order valence-electron chi connectivity index (χ3n) is 3.09. The minimum atomic E-state index is -3.54. The van der Waals surface area contributed by atoms with Gasteiger partial charge in [-0.2, -0.15) is 5.10 Å². The maximum atomic E-state index is 12.0. The molecule has 0 saturated heterocycles. The summed E-state index contributed by atoms with van der Waals surface area (Å²) >= 11 is 0. The summed E-state index contributed by atoms with van der Waals surface area (Å²) in [5, 5.41) is 6.25. The van der Waals surface area contributed by atoms with E-state index in [1.54, 1.807) is 0 Å². The van der Waals surface area contributed by atoms with E-state index in [1.807, 2.05) is 7.05 Å². The highest BCUT2D eigenvalue weighted by Gasteiger charge is 2.26. The lowest BCUT2D eigenvalue weighted by molar-refractivity contribution is 0.329. The van der Waals surface area contributed by atoms with Gasteiger partial charge in [0.15, 0.2) is 5.03 Å². The molecule has 1 aromatic rings. The van der Waals surface area contributed by atoms with Gasteiger partial charge in [0, 0.05) is 31.2 Å². The molecule has 18 heavy (non-hydrogen) atoms. The number of nitrogens with zero attached hydrogens (tertiary/aromatic N) is 2. The molecule has 0 aliphatic heterocycles. The number of rotatable bonds is 7. The standard InChI is InChI=1S/C10H19N5O2S/c1-15(9-2-3-9)5-4-13-18(16,17)10-8(6-11)7-12-14-10/h7,9,13H,2-6,11H2,1H3,(H,12,14). The van der Waals surface area contributed by atoms with E-state index in [9.17, 15) is 8.42 Å². The lowest BCUT2D eigenvalue weighted by Gasteiger charge is -2.15. The van der Waals surface area contributed by atoms with Crippen LogP contribution < -0.4 is 10.5 Å². The van der Waals surface area contributed by atoms with E-state index in [4.69, 9.17) is 5.73 Å². The van der Waals surface area contributed by atoms with Crippen LogP contribution in [-0.2, 0) is 16.6 Å². The van der Waals surface area contributed by atoms with E-state index in [0.717, 1.165) is 0 Å². The van der Waals surface area contributed by atoms with Gasteiger partial charge in [0.05, 0.1) is 6.20 Å². The minimum Gasteiger partial charge on any atom is -0.326 e. The summed E-state index contributed by atoms with van der Waals surface area (Å²) in [6, 6.07) is 0.626. The number of aromatic nitrogens is 2. The summed E-state index contributed by atoms with van der Waals surface area (Å²) in [7, 11) is -1.53. The Morgan fingerprint density at radius 3 is 2.94 bits per heavy atom. The second-order valence-corrected chi connectivity index (χ2v) is 6.24. The summed E-state index contributed by atoms with van der Waals surface area (Å²) in [6.45, 7) is 1.24. The normalized spacial score (nSPS) is 16.4. The highest BCUT2D eigenvalue weighted by Crippen LogP contribution is 2.24. The molecule has 1 aliphatic rings. The fraction of sp³-hybridized carbons (Fsp3) is 0.700. The second kappa shape index (κ2) is 5.35. The maximum absolute atomic E-state index is 12.0. The van der Waals surface area contributed by atoms with Gasteiger partial charge in [-0.25, -0.2) is 13.1 Å². The minimum absolute atomic E-state index is 0.0686. The van der Waals surface area contributed by atoms with Crippen molar-refractivity contribution < 1.29 is 8.42 Å². The SMILES string of the molecule is CN(CCNS(=O)(=O)c1[nH]ncc1CN)C1CC1. The van der Waals surface area contributed by atoms with Gasteiger partial charge in [0.2, 0.25) is 0 Å². The third-order valence-corrected chi connectivity index (χ3v) is 4.57. The van der Waals surface area contributed by atoms with E-state index in [1.165, 1.54) is 19.0 Å². The molecule has 0 spiro atoms. The zero-order chi connectivity index (χ0) is 13.2. The Balaban J connectivity index is 1.90. The third kappa shape index (κ3) is 3.08. The van der Waals surface area contributed by atoms with Gasteiger partial charge in [-0.05, 0) is 19.9 Å². The van der Waals surface area contributed by atoms with E-state index in [0.29, 0.717) is 24.7 Å². The van der Waals surface area contributed by atoms with E-state index in [-0.39, 0.29) is 11.6 Å². The Kier molecular flexibility index (Phi) is 4.00. The number of hydrogen-bond donors (Lipinski definition) is 3. The largest absolute Gasteiger partial charge is 0.326 e. The van der Waals surface area contributed by atoms with Gasteiger partial charge in [0.1, 0.15) is 0 Å². The fourth-order valence-corrected chi connectivity index (χ4v) is 2.96. The smallest absolute Gasteiger partial charge is 0.257 e. The predicted molar refractivity (Wildman–Crippen MR) is 67.3 cm³/mol. The molecule has 1 fully saturated rings. The first-order valence-electron chi connectivity index (χ1n) is 5.97. The van der Waals surface area contributed by atoms with Gasteiger partial charge in [-0.3, -0.25) is 5.10 Å². The van der Waals surface area contributed by atoms with Crippen LogP contribution in [0.1, 0.15) is 18.4 Å². The lowest BCUT2D eigenvalue weighted by Crippen LogP contribution is -2.34. The summed E-state index contributed by atoms with van der Waals surface area (Å²) < 4.78 is 26.5. The molecule has 1 saturated carbocycles. The molecule has 0 amide bonds. The molecule has 0 unspecified atom stereocenters. The molecular weight excluding hydrogens is 254 g/mol. The van der Waals surface area contributed by atoms with Crippen molar-refractivity contribution in [3.05, 3.63) is 11.8 Å². The molecule has 2 rings (SSSR count). The predicted octanol–water partition coefficient (Wildman–Crippen LogP) is -0.759. The van der Waals surface area contributed by atoms with Crippen molar-refractivity contribution in [2.24, 2.45) is 5.73 Å². The molecule has 4 N–H and O–H groups in total. The average Bonchev–Trinajstić information content (AvgIpc) is 3.06. The van der Waals surface area contributed by atoms with Crippen molar-refractivity contribution in [3.63, 3.8) is 0 Å². The summed E-state index contributed by atoms with van der Waals surface area (Å²) in [5.74, 6) is 0. The van der Waals surface area contributed by atoms with Crippen molar-refractivity contribution in [1.82, 2.24) is 19.8 Å². The molecule has 8 heteroatoms. The number of nitrogens with two attached hydrogens (primary N) is 1. The van der Waals surface area contributed by atoms with Crippen molar-refractivity contribution >= 4 is 10.0 Å². The van der Waals surface area contributed by atoms with Crippen LogP contribution in [0.2, 0.25) is 0 Å². The van der Waals surface area contributed by atoms with Crippen molar-refractivity contribution in [1.29, 1.82) is 0 Å². The van der Waals surface area contributed by atoms with Crippen LogP contribution in [0.15, 0.2) is 11.2 Å². The molecule has 1 heterocycles. The van der Waals surface area contributed by atoms with Gasteiger partial charge >= 0.3 is 0 Å². The van der Waals surface area contributed by atoms with Crippen LogP contribution >= 0.6 is 0 Å². The fourth-order valence-electron chi connectivity index (χ4n) is 1.80. The van der Waals surface area contributed by atoms with Crippen molar-refractivity contribution in [2.75, 3.05) is 20.1 Å². The summed E-state index contributed by atoms with van der Waals surface area (Å²) in [6.07, 6.45) is 3.85. The Bertz CT molecular complexity index is 494. The maximum Gasteiger partial charge on any atom is 0.257 e. The van der Waals surface area contributed by atoms with E-state index >= 15 is 0 Å². The zero-order valence-electron chi connectivity index (χ0n) is 10.4. The lowest BCUT2D eigenvalue weighted by atomic mass is 10.4. The van der Waals surface area contributed by atoms with Crippen LogP contribution in [0.25, 0.3) is 0 Å². The molecule has 1 aromatic heterocycles. The molecule has 0 aromatic carbocycles. The Labute approximate surface area is 107 Å². The number of nitrogens with one attached hydrogen (secondary N) is 2. The average molecular weight is 273 g/mol. The Morgan fingerprint density at radius 2 is 2.33 bits per heavy atom. The number of hydrogen-bond acceptors (Lipinski definition) is 5. The Morgan fingerprint density at radius 1 is 1.61 bits per heavy atom. The molecule has 0 bridgehead atoms. The van der Waals surface area contributed by atoms with Crippen LogP contribution in [0.3, 0.4) is 0 Å². The van der Waals surface area contributed by atoms with Crippen LogP contribution in [-0.4, -0.2) is 49.7 Å². The van der Waals surface area contributed by atoms with Crippen LogP contribution in [0, 0.1) is 0 Å². The van der Waals surface area contributed by atoms with Crippen molar-refractivity contribution in [2.45, 2.75) is 30.5 Å². The number of H-pyrrole nitrogens is 1. The zero-order valence-corrected chi connectivity index (χ0v) is 11.2. The topological polar surface area (TPSA) is 104 Å². The highest BCUT2D eigenvalue weighted by atomic mass is 32.2. The highest BCUT2D eigenvalue weighted by molar-refractivity contribution is 7.89. The van der Waals surface area contributed by atoms with E-state index < -0.39 is 10.0 Å². The quantitative estimate of drug-likeness (QED) is 0.606. The molecule has 7 nitrogen and oxygen atoms in total. The molecular formula is C10H19N5O2S. The van der Waals surface area contributed by atoms with Gasteiger partial charge in [-0.15, -0.1) is 0 Å². The summed E-state index contributed by atoms with van der Waals surface area (Å²) in [5.41, 5.74) is 5.95. The van der Waals surface area contributed by atoms with Gasteiger partial charge in [0.25, 0.3) is 10.0 Å². The Hall–Kier alpha value is -0.960. The summed E-state index contributed by atoms with van der Waals surface area (Å²) in [4.78, 5) is 2.17. The molecule has 0 radical (unpaired) electrons. The van der Waals surface area contributed by atoms with Gasteiger partial charge < -0.3 is 10.6 Å². The first-order valence-corrected chi connectivity index (χ1v) is 7.45. The molecule has 1 aliphatic carbocycles. The molecule has 102 valence electrons. The first-order chi connectivity index (χ1) is 8.54. The van der Waals surface area contributed by atoms with Crippen molar-refractivity contribution in [3.8, 4) is 0 Å². The number of sulfonamides is 1. The second-order valence-electron chi connectivity index (χ2n) is 4.54. The monoisotopic (exact) mass is 273 g/mol.